The number of methoxy groups -OCH3 is 1. The molecule has 1 aliphatic heterocycles. The van der Waals surface area contributed by atoms with Gasteiger partial charge in [0.2, 0.25) is 0 Å². The highest BCUT2D eigenvalue weighted by atomic mass is 19.1. The fourth-order valence-electron chi connectivity index (χ4n) is 3.97. The molecule has 0 bridgehead atoms. The third-order valence-electron chi connectivity index (χ3n) is 4.89. The number of ether oxygens (including phenoxy) is 1. The van der Waals surface area contributed by atoms with Crippen LogP contribution in [0, 0.1) is 19.7 Å². The van der Waals surface area contributed by atoms with Crippen LogP contribution in [0.2, 0.25) is 0 Å². The van der Waals surface area contributed by atoms with Gasteiger partial charge in [-0.1, -0.05) is 6.07 Å². The summed E-state index contributed by atoms with van der Waals surface area (Å²) in [4.78, 5) is 3.58. The molecule has 0 fully saturated rings. The number of hydrogen-bond donors (Lipinski definition) is 2. The lowest BCUT2D eigenvalue weighted by Gasteiger charge is -2.26. The van der Waals surface area contributed by atoms with Crippen molar-refractivity contribution in [2.45, 2.75) is 26.3 Å². The van der Waals surface area contributed by atoms with Gasteiger partial charge in [0.15, 0.2) is 0 Å². The lowest BCUT2D eigenvalue weighted by Crippen LogP contribution is -2.30. The summed E-state index contributed by atoms with van der Waals surface area (Å²) in [7, 11) is 1.62. The van der Waals surface area contributed by atoms with Crippen molar-refractivity contribution < 1.29 is 9.13 Å². The maximum absolute atomic E-state index is 13.8. The lowest BCUT2D eigenvalue weighted by molar-refractivity contribution is 0.400. The summed E-state index contributed by atoms with van der Waals surface area (Å²) >= 11 is 0. The summed E-state index contributed by atoms with van der Waals surface area (Å²) in [6, 6.07) is 9.00. The van der Waals surface area contributed by atoms with Gasteiger partial charge in [0.25, 0.3) is 0 Å². The van der Waals surface area contributed by atoms with Crippen LogP contribution in [0.4, 0.5) is 4.39 Å². The first-order valence-electron chi connectivity index (χ1n) is 8.27. The number of hydrogen-bond acceptors (Lipinski definition) is 2. The van der Waals surface area contributed by atoms with Crippen molar-refractivity contribution in [3.8, 4) is 5.75 Å². The number of H-pyrrole nitrogens is 1. The van der Waals surface area contributed by atoms with Gasteiger partial charge < -0.3 is 15.0 Å². The smallest absolute Gasteiger partial charge is 0.124 e. The van der Waals surface area contributed by atoms with E-state index in [2.05, 4.69) is 36.3 Å². The minimum absolute atomic E-state index is 0.0912. The highest BCUT2D eigenvalue weighted by Gasteiger charge is 2.28. The fraction of sp³-hybridized carbons (Fsp3) is 0.300. The van der Waals surface area contributed by atoms with Crippen LogP contribution in [-0.2, 0) is 6.42 Å². The first-order valence-corrected chi connectivity index (χ1v) is 8.27. The molecule has 3 aromatic rings. The van der Waals surface area contributed by atoms with Gasteiger partial charge in [-0.2, -0.15) is 0 Å². The maximum Gasteiger partial charge on any atom is 0.124 e. The summed E-state index contributed by atoms with van der Waals surface area (Å²) in [5, 5.41) is 4.81. The van der Waals surface area contributed by atoms with Crippen molar-refractivity contribution in [3.05, 3.63) is 64.1 Å². The van der Waals surface area contributed by atoms with Crippen LogP contribution < -0.4 is 10.1 Å². The molecular formula is C20H21FN2O. The number of aromatic amines is 1. The monoisotopic (exact) mass is 324 g/mol. The van der Waals surface area contributed by atoms with Crippen LogP contribution >= 0.6 is 0 Å². The second kappa shape index (κ2) is 5.64. The molecule has 0 amide bonds. The SMILES string of the molecule is COc1ccc(F)cc1C1NCCc2c1[nH]c1cc(C)cc(C)c21. The van der Waals surface area contributed by atoms with Gasteiger partial charge in [-0.05, 0) is 61.2 Å². The number of halogens is 1. The van der Waals surface area contributed by atoms with Gasteiger partial charge in [-0.3, -0.25) is 0 Å². The molecule has 1 aromatic heterocycles. The van der Waals surface area contributed by atoms with E-state index in [1.807, 2.05) is 0 Å². The Hall–Kier alpha value is -2.33. The molecule has 2 heterocycles. The van der Waals surface area contributed by atoms with Crippen molar-refractivity contribution in [3.63, 3.8) is 0 Å². The van der Waals surface area contributed by atoms with Gasteiger partial charge in [-0.25, -0.2) is 4.39 Å². The van der Waals surface area contributed by atoms with E-state index in [-0.39, 0.29) is 11.9 Å². The normalized spacial score (nSPS) is 17.1. The van der Waals surface area contributed by atoms with Gasteiger partial charge in [-0.15, -0.1) is 0 Å². The molecule has 0 saturated heterocycles. The average Bonchev–Trinajstić information content (AvgIpc) is 2.93. The van der Waals surface area contributed by atoms with E-state index in [0.29, 0.717) is 5.75 Å². The van der Waals surface area contributed by atoms with E-state index in [0.717, 1.165) is 29.7 Å². The second-order valence-electron chi connectivity index (χ2n) is 6.55. The molecule has 1 aliphatic rings. The molecule has 3 nitrogen and oxygen atoms in total. The zero-order chi connectivity index (χ0) is 16.8. The van der Waals surface area contributed by atoms with Crippen molar-refractivity contribution in [1.29, 1.82) is 0 Å². The molecular weight excluding hydrogens is 303 g/mol. The maximum atomic E-state index is 13.8. The number of benzene rings is 2. The Labute approximate surface area is 140 Å². The minimum Gasteiger partial charge on any atom is -0.496 e. The third-order valence-corrected chi connectivity index (χ3v) is 4.89. The number of fused-ring (bicyclic) bond motifs is 3. The van der Waals surface area contributed by atoms with Gasteiger partial charge in [0.1, 0.15) is 11.6 Å². The Morgan fingerprint density at radius 1 is 1.17 bits per heavy atom. The standard InChI is InChI=1S/C20H21FN2O/c1-11-8-12(2)18-14-6-7-22-19(20(14)23-16(18)9-11)15-10-13(21)4-5-17(15)24-3/h4-5,8-10,19,22-23H,6-7H2,1-3H3. The second-order valence-corrected chi connectivity index (χ2v) is 6.55. The summed E-state index contributed by atoms with van der Waals surface area (Å²) in [6.45, 7) is 5.12. The molecule has 4 heteroatoms. The zero-order valence-corrected chi connectivity index (χ0v) is 14.2. The Morgan fingerprint density at radius 3 is 2.79 bits per heavy atom. The van der Waals surface area contributed by atoms with Crippen molar-refractivity contribution in [2.75, 3.05) is 13.7 Å². The van der Waals surface area contributed by atoms with Gasteiger partial charge in [0, 0.05) is 28.7 Å². The van der Waals surface area contributed by atoms with E-state index >= 15 is 0 Å². The fourth-order valence-corrected chi connectivity index (χ4v) is 3.97. The molecule has 2 aromatic carbocycles. The van der Waals surface area contributed by atoms with E-state index in [4.69, 9.17) is 4.74 Å². The topological polar surface area (TPSA) is 37.0 Å². The van der Waals surface area contributed by atoms with E-state index in [1.54, 1.807) is 19.2 Å². The first kappa shape index (κ1) is 15.2. The number of nitrogens with one attached hydrogen (secondary N) is 2. The molecule has 4 rings (SSSR count). The van der Waals surface area contributed by atoms with Crippen molar-refractivity contribution in [2.24, 2.45) is 0 Å². The zero-order valence-electron chi connectivity index (χ0n) is 14.2. The highest BCUT2D eigenvalue weighted by Crippen LogP contribution is 2.38. The molecule has 0 saturated carbocycles. The minimum atomic E-state index is -0.247. The van der Waals surface area contributed by atoms with E-state index in [9.17, 15) is 4.39 Å². The van der Waals surface area contributed by atoms with Crippen LogP contribution in [0.15, 0.2) is 30.3 Å². The third kappa shape index (κ3) is 2.29. The van der Waals surface area contributed by atoms with E-state index in [1.165, 1.54) is 28.1 Å². The Bertz CT molecular complexity index is 929. The molecule has 2 N–H and O–H groups in total. The summed E-state index contributed by atoms with van der Waals surface area (Å²) in [5.41, 5.74) is 6.97. The Morgan fingerprint density at radius 2 is 2.00 bits per heavy atom. The van der Waals surface area contributed by atoms with E-state index < -0.39 is 0 Å². The van der Waals surface area contributed by atoms with Crippen LogP contribution in [0.5, 0.6) is 5.75 Å². The van der Waals surface area contributed by atoms with Gasteiger partial charge in [0.05, 0.1) is 13.2 Å². The largest absolute Gasteiger partial charge is 0.496 e. The summed E-state index contributed by atoms with van der Waals surface area (Å²) in [6.07, 6.45) is 0.966. The van der Waals surface area contributed by atoms with Crippen molar-refractivity contribution in [1.82, 2.24) is 10.3 Å². The lowest BCUT2D eigenvalue weighted by atomic mass is 9.92. The van der Waals surface area contributed by atoms with Gasteiger partial charge >= 0.3 is 0 Å². The van der Waals surface area contributed by atoms with Crippen LogP contribution in [-0.4, -0.2) is 18.6 Å². The van der Waals surface area contributed by atoms with Crippen molar-refractivity contribution >= 4 is 10.9 Å². The Kier molecular flexibility index (Phi) is 3.57. The summed E-state index contributed by atoms with van der Waals surface area (Å²) in [5.74, 6) is 0.455. The summed E-state index contributed by atoms with van der Waals surface area (Å²) < 4.78 is 19.3. The predicted octanol–water partition coefficient (Wildman–Crippen LogP) is 4.17. The number of aryl methyl sites for hydroxylation is 2. The molecule has 24 heavy (non-hydrogen) atoms. The number of aromatic nitrogens is 1. The van der Waals surface area contributed by atoms with Crippen LogP contribution in [0.1, 0.15) is 34.0 Å². The Balaban J connectivity index is 1.94. The molecule has 1 unspecified atom stereocenters. The molecule has 0 spiro atoms. The average molecular weight is 324 g/mol. The molecule has 124 valence electrons. The number of rotatable bonds is 2. The first-order chi connectivity index (χ1) is 11.6. The highest BCUT2D eigenvalue weighted by molar-refractivity contribution is 5.89. The predicted molar refractivity (Wildman–Crippen MR) is 94.3 cm³/mol. The molecule has 0 radical (unpaired) electrons. The molecule has 0 aliphatic carbocycles. The van der Waals surface area contributed by atoms with Crippen LogP contribution in [0.25, 0.3) is 10.9 Å². The molecule has 1 atom stereocenters. The quantitative estimate of drug-likeness (QED) is 0.742. The van der Waals surface area contributed by atoms with Crippen LogP contribution in [0.3, 0.4) is 0 Å².